The Hall–Kier alpha value is -0.380. The minimum atomic E-state index is 0.448. The predicted octanol–water partition coefficient (Wildman–Crippen LogP) is 2.43. The molecule has 0 amide bonds. The summed E-state index contributed by atoms with van der Waals surface area (Å²) in [6.45, 7) is 6.22. The van der Waals surface area contributed by atoms with Crippen molar-refractivity contribution in [2.45, 2.75) is 25.9 Å². The predicted molar refractivity (Wildman–Crippen MR) is 59.6 cm³/mol. The average molecular weight is 211 g/mol. The smallest absolute Gasteiger partial charge is 0.0623 e. The molecule has 3 heteroatoms. The van der Waals surface area contributed by atoms with Crippen molar-refractivity contribution < 1.29 is 4.74 Å². The van der Waals surface area contributed by atoms with E-state index in [4.69, 9.17) is 4.74 Å². The van der Waals surface area contributed by atoms with Gasteiger partial charge in [-0.05, 0) is 24.3 Å². The monoisotopic (exact) mass is 211 g/mol. The van der Waals surface area contributed by atoms with Crippen LogP contribution in [-0.4, -0.2) is 19.3 Å². The van der Waals surface area contributed by atoms with E-state index >= 15 is 0 Å². The highest BCUT2D eigenvalue weighted by Gasteiger charge is 2.25. The molecule has 0 saturated carbocycles. The summed E-state index contributed by atoms with van der Waals surface area (Å²) in [5, 5.41) is 5.74. The van der Waals surface area contributed by atoms with Crippen LogP contribution in [0.2, 0.25) is 0 Å². The van der Waals surface area contributed by atoms with Gasteiger partial charge in [-0.1, -0.05) is 13.0 Å². The first-order valence-electron chi connectivity index (χ1n) is 5.14. The molecule has 0 aromatic carbocycles. The van der Waals surface area contributed by atoms with Crippen LogP contribution in [0.5, 0.6) is 0 Å². The molecule has 1 aromatic rings. The molecule has 1 N–H and O–H groups in total. The van der Waals surface area contributed by atoms with Gasteiger partial charge in [-0.3, -0.25) is 0 Å². The first-order chi connectivity index (χ1) is 6.77. The molecule has 0 bridgehead atoms. The van der Waals surface area contributed by atoms with Crippen LogP contribution in [0, 0.1) is 5.92 Å². The molecule has 2 heterocycles. The molecule has 1 saturated heterocycles. The van der Waals surface area contributed by atoms with Crippen LogP contribution < -0.4 is 5.32 Å². The zero-order chi connectivity index (χ0) is 9.97. The van der Waals surface area contributed by atoms with Crippen LogP contribution in [0.4, 0.5) is 0 Å². The molecule has 1 aliphatic heterocycles. The molecule has 0 radical (unpaired) electrons. The number of rotatable bonds is 3. The summed E-state index contributed by atoms with van der Waals surface area (Å²) < 4.78 is 5.43. The minimum absolute atomic E-state index is 0.448. The van der Waals surface area contributed by atoms with Gasteiger partial charge in [0.15, 0.2) is 0 Å². The first-order valence-corrected chi connectivity index (χ1v) is 6.02. The molecule has 1 aliphatic rings. The molecule has 78 valence electrons. The first kappa shape index (κ1) is 10.1. The Morgan fingerprint density at radius 2 is 2.43 bits per heavy atom. The van der Waals surface area contributed by atoms with E-state index in [0.29, 0.717) is 18.0 Å². The molecule has 2 rings (SSSR count). The lowest BCUT2D eigenvalue weighted by Crippen LogP contribution is -2.35. The van der Waals surface area contributed by atoms with Crippen LogP contribution in [0.3, 0.4) is 0 Å². The quantitative estimate of drug-likeness (QED) is 0.829. The van der Waals surface area contributed by atoms with E-state index in [1.54, 1.807) is 0 Å². The Morgan fingerprint density at radius 1 is 1.57 bits per heavy atom. The highest BCUT2D eigenvalue weighted by molar-refractivity contribution is 7.10. The van der Waals surface area contributed by atoms with Crippen LogP contribution in [0.1, 0.15) is 24.8 Å². The van der Waals surface area contributed by atoms with Gasteiger partial charge in [0.1, 0.15) is 0 Å². The van der Waals surface area contributed by atoms with Gasteiger partial charge in [0.2, 0.25) is 0 Å². The Kier molecular flexibility index (Phi) is 3.21. The lowest BCUT2D eigenvalue weighted by molar-refractivity contribution is 0.183. The Morgan fingerprint density at radius 3 is 3.00 bits per heavy atom. The van der Waals surface area contributed by atoms with Crippen LogP contribution in [-0.2, 0) is 4.74 Å². The van der Waals surface area contributed by atoms with Gasteiger partial charge in [-0.25, -0.2) is 0 Å². The van der Waals surface area contributed by atoms with Crippen molar-refractivity contribution in [2.24, 2.45) is 5.92 Å². The van der Waals surface area contributed by atoms with E-state index in [1.165, 1.54) is 4.88 Å². The maximum Gasteiger partial charge on any atom is 0.0623 e. The summed E-state index contributed by atoms with van der Waals surface area (Å²) in [6.07, 6.45) is 0. The standard InChI is InChI=1S/C11H17NOS/c1-8-6-13-7-10(8)12-9(2)11-4-3-5-14-11/h3-5,8-10,12H,6-7H2,1-2H3. The molecule has 3 atom stereocenters. The summed E-state index contributed by atoms with van der Waals surface area (Å²) in [5.74, 6) is 0.636. The second-order valence-electron chi connectivity index (χ2n) is 4.03. The Balaban J connectivity index is 1.91. The fourth-order valence-corrected chi connectivity index (χ4v) is 2.56. The van der Waals surface area contributed by atoms with Gasteiger partial charge in [0, 0.05) is 17.0 Å². The van der Waals surface area contributed by atoms with Crippen molar-refractivity contribution in [2.75, 3.05) is 13.2 Å². The van der Waals surface area contributed by atoms with Crippen LogP contribution in [0.25, 0.3) is 0 Å². The normalized spacial score (nSPS) is 29.3. The third-order valence-electron chi connectivity index (χ3n) is 2.80. The molecule has 2 nitrogen and oxygen atoms in total. The summed E-state index contributed by atoms with van der Waals surface area (Å²) in [4.78, 5) is 1.41. The Bertz CT molecular complexity index is 273. The number of nitrogens with one attached hydrogen (secondary N) is 1. The number of thiophene rings is 1. The zero-order valence-electron chi connectivity index (χ0n) is 8.69. The summed E-state index contributed by atoms with van der Waals surface area (Å²) in [6, 6.07) is 5.26. The molecule has 14 heavy (non-hydrogen) atoms. The SMILES string of the molecule is CC(NC1COCC1C)c1cccs1. The van der Waals surface area contributed by atoms with Crippen molar-refractivity contribution in [3.05, 3.63) is 22.4 Å². The zero-order valence-corrected chi connectivity index (χ0v) is 9.51. The maximum absolute atomic E-state index is 5.43. The van der Waals surface area contributed by atoms with Crippen molar-refractivity contribution >= 4 is 11.3 Å². The number of hydrogen-bond donors (Lipinski definition) is 1. The molecule has 1 aromatic heterocycles. The topological polar surface area (TPSA) is 21.3 Å². The largest absolute Gasteiger partial charge is 0.379 e. The van der Waals surface area contributed by atoms with E-state index in [1.807, 2.05) is 11.3 Å². The van der Waals surface area contributed by atoms with Gasteiger partial charge in [-0.15, -0.1) is 11.3 Å². The highest BCUT2D eigenvalue weighted by atomic mass is 32.1. The van der Waals surface area contributed by atoms with Crippen LogP contribution >= 0.6 is 11.3 Å². The fourth-order valence-electron chi connectivity index (χ4n) is 1.81. The molecule has 1 fully saturated rings. The van der Waals surface area contributed by atoms with Gasteiger partial charge in [0.25, 0.3) is 0 Å². The summed E-state index contributed by atoms with van der Waals surface area (Å²) >= 11 is 1.81. The second-order valence-corrected chi connectivity index (χ2v) is 5.00. The van der Waals surface area contributed by atoms with Crippen LogP contribution in [0.15, 0.2) is 17.5 Å². The van der Waals surface area contributed by atoms with Crippen molar-refractivity contribution in [3.63, 3.8) is 0 Å². The third kappa shape index (κ3) is 2.16. The van der Waals surface area contributed by atoms with E-state index in [-0.39, 0.29) is 0 Å². The van der Waals surface area contributed by atoms with Crippen molar-refractivity contribution in [1.29, 1.82) is 0 Å². The van der Waals surface area contributed by atoms with Gasteiger partial charge < -0.3 is 10.1 Å². The van der Waals surface area contributed by atoms with Gasteiger partial charge in [-0.2, -0.15) is 0 Å². The van der Waals surface area contributed by atoms with E-state index in [9.17, 15) is 0 Å². The lowest BCUT2D eigenvalue weighted by Gasteiger charge is -2.20. The molecule has 0 spiro atoms. The molecular formula is C11H17NOS. The van der Waals surface area contributed by atoms with E-state index in [0.717, 1.165) is 13.2 Å². The van der Waals surface area contributed by atoms with Crippen molar-refractivity contribution in [3.8, 4) is 0 Å². The van der Waals surface area contributed by atoms with Gasteiger partial charge in [0.05, 0.1) is 13.2 Å². The second kappa shape index (κ2) is 4.43. The number of ether oxygens (including phenoxy) is 1. The molecular weight excluding hydrogens is 194 g/mol. The van der Waals surface area contributed by atoms with Gasteiger partial charge >= 0.3 is 0 Å². The molecule has 0 aliphatic carbocycles. The molecule has 3 unspecified atom stereocenters. The van der Waals surface area contributed by atoms with E-state index < -0.39 is 0 Å². The number of hydrogen-bond acceptors (Lipinski definition) is 3. The Labute approximate surface area is 89.3 Å². The summed E-state index contributed by atoms with van der Waals surface area (Å²) in [5.41, 5.74) is 0. The highest BCUT2D eigenvalue weighted by Crippen LogP contribution is 2.21. The summed E-state index contributed by atoms with van der Waals surface area (Å²) in [7, 11) is 0. The van der Waals surface area contributed by atoms with E-state index in [2.05, 4.69) is 36.7 Å². The lowest BCUT2D eigenvalue weighted by atomic mass is 10.1. The average Bonchev–Trinajstić information content (AvgIpc) is 2.77. The minimum Gasteiger partial charge on any atom is -0.379 e. The maximum atomic E-state index is 5.43. The van der Waals surface area contributed by atoms with Crippen molar-refractivity contribution in [1.82, 2.24) is 5.32 Å². The third-order valence-corrected chi connectivity index (χ3v) is 3.85. The fraction of sp³-hybridized carbons (Fsp3) is 0.636.